The summed E-state index contributed by atoms with van der Waals surface area (Å²) in [5.41, 5.74) is -0.752. The van der Waals surface area contributed by atoms with Crippen molar-refractivity contribution in [3.8, 4) is 0 Å². The maximum atomic E-state index is 11.9. The van der Waals surface area contributed by atoms with Gasteiger partial charge in [0.2, 0.25) is 11.8 Å². The van der Waals surface area contributed by atoms with Crippen molar-refractivity contribution >= 4 is 28.3 Å². The van der Waals surface area contributed by atoms with Crippen molar-refractivity contribution < 1.29 is 9.59 Å². The predicted molar refractivity (Wildman–Crippen MR) is 86.3 cm³/mol. The number of carbonyl (C=O) groups excluding carboxylic acids is 2. The van der Waals surface area contributed by atoms with Crippen LogP contribution in [0.5, 0.6) is 0 Å². The molecule has 1 atom stereocenters. The molecule has 1 aromatic heterocycles. The fraction of sp³-hybridized carbons (Fsp3) is 0.333. The Morgan fingerprint density at radius 2 is 1.87 bits per heavy atom. The number of rotatable bonds is 5. The van der Waals surface area contributed by atoms with E-state index in [1.807, 2.05) is 6.92 Å². The highest BCUT2D eigenvalue weighted by Crippen LogP contribution is 2.16. The first-order chi connectivity index (χ1) is 10.9. The van der Waals surface area contributed by atoms with E-state index in [4.69, 9.17) is 0 Å². The summed E-state index contributed by atoms with van der Waals surface area (Å²) in [4.78, 5) is 47.2. The third-order valence-electron chi connectivity index (χ3n) is 3.58. The second kappa shape index (κ2) is 6.91. The molecule has 0 aliphatic carbocycles. The maximum Gasteiger partial charge on any atom is 0.272 e. The number of fused-ring (bicyclic) bond motifs is 1. The lowest BCUT2D eigenvalue weighted by Crippen LogP contribution is -2.36. The number of amides is 2. The Morgan fingerprint density at radius 3 is 2.57 bits per heavy atom. The molecule has 23 heavy (non-hydrogen) atoms. The van der Waals surface area contributed by atoms with Crippen molar-refractivity contribution in [1.29, 1.82) is 0 Å². The van der Waals surface area contributed by atoms with Gasteiger partial charge in [0.25, 0.3) is 11.1 Å². The summed E-state index contributed by atoms with van der Waals surface area (Å²) in [6.07, 6.45) is 0.676. The van der Waals surface area contributed by atoms with Gasteiger partial charge in [-0.15, -0.1) is 0 Å². The molecule has 0 fully saturated rings. The van der Waals surface area contributed by atoms with Gasteiger partial charge in [-0.25, -0.2) is 0 Å². The second-order valence-corrected chi connectivity index (χ2v) is 5.21. The number of aromatic nitrogens is 2. The van der Waals surface area contributed by atoms with Crippen LogP contribution in [0.2, 0.25) is 0 Å². The molecule has 0 spiro atoms. The standard InChI is InChI=1S/C15H18N4O4/c1-3-8(2)13(21)16-7-11(20)17-10-6-4-5-9-12(10)15(23)19-18-14(9)22/h4-6,8H,3,7H2,1-2H3,(H,16,21)(H,17,20)(H,18,22)(H,19,23)/t8-/m1/s1. The first kappa shape index (κ1) is 16.5. The van der Waals surface area contributed by atoms with Crippen LogP contribution in [0.25, 0.3) is 10.8 Å². The number of H-pyrrole nitrogens is 2. The van der Waals surface area contributed by atoms with Gasteiger partial charge in [-0.2, -0.15) is 0 Å². The van der Waals surface area contributed by atoms with E-state index < -0.39 is 17.0 Å². The molecule has 0 saturated carbocycles. The van der Waals surface area contributed by atoms with Crippen molar-refractivity contribution in [2.24, 2.45) is 5.92 Å². The van der Waals surface area contributed by atoms with E-state index in [1.54, 1.807) is 13.0 Å². The summed E-state index contributed by atoms with van der Waals surface area (Å²) >= 11 is 0. The van der Waals surface area contributed by atoms with Gasteiger partial charge >= 0.3 is 0 Å². The van der Waals surface area contributed by atoms with Gasteiger partial charge in [0.1, 0.15) is 0 Å². The van der Waals surface area contributed by atoms with E-state index in [1.165, 1.54) is 12.1 Å². The van der Waals surface area contributed by atoms with Crippen LogP contribution in [0.4, 0.5) is 5.69 Å². The van der Waals surface area contributed by atoms with Crippen LogP contribution >= 0.6 is 0 Å². The Bertz CT molecular complexity index is 852. The lowest BCUT2D eigenvalue weighted by atomic mass is 10.1. The minimum Gasteiger partial charge on any atom is -0.347 e. The summed E-state index contributed by atoms with van der Waals surface area (Å²) in [7, 11) is 0. The smallest absolute Gasteiger partial charge is 0.272 e. The van der Waals surface area contributed by atoms with E-state index >= 15 is 0 Å². The third-order valence-corrected chi connectivity index (χ3v) is 3.58. The van der Waals surface area contributed by atoms with E-state index in [-0.39, 0.29) is 34.8 Å². The van der Waals surface area contributed by atoms with E-state index in [2.05, 4.69) is 20.8 Å². The fourth-order valence-corrected chi connectivity index (χ4v) is 2.06. The quantitative estimate of drug-likeness (QED) is 0.633. The monoisotopic (exact) mass is 318 g/mol. The Kier molecular flexibility index (Phi) is 4.95. The number of hydrogen-bond donors (Lipinski definition) is 4. The fourth-order valence-electron chi connectivity index (χ4n) is 2.06. The molecule has 8 nitrogen and oxygen atoms in total. The summed E-state index contributed by atoms with van der Waals surface area (Å²) in [6.45, 7) is 3.44. The number of carbonyl (C=O) groups is 2. The predicted octanol–water partition coefficient (Wildman–Crippen LogP) is 0.317. The molecule has 0 saturated heterocycles. The maximum absolute atomic E-state index is 11.9. The Hall–Kier alpha value is -2.90. The highest BCUT2D eigenvalue weighted by atomic mass is 16.2. The van der Waals surface area contributed by atoms with Crippen molar-refractivity contribution in [1.82, 2.24) is 15.5 Å². The van der Waals surface area contributed by atoms with Crippen molar-refractivity contribution in [2.45, 2.75) is 20.3 Å². The molecule has 0 radical (unpaired) electrons. The number of nitrogens with one attached hydrogen (secondary N) is 4. The average Bonchev–Trinajstić information content (AvgIpc) is 2.55. The van der Waals surface area contributed by atoms with Crippen LogP contribution in [0.15, 0.2) is 27.8 Å². The molecule has 2 rings (SSSR count). The van der Waals surface area contributed by atoms with Crippen LogP contribution in [0, 0.1) is 5.92 Å². The third kappa shape index (κ3) is 3.65. The Labute approximate surface area is 131 Å². The number of benzene rings is 1. The van der Waals surface area contributed by atoms with Crippen LogP contribution in [0.3, 0.4) is 0 Å². The lowest BCUT2D eigenvalue weighted by Gasteiger charge is -2.11. The van der Waals surface area contributed by atoms with Crippen LogP contribution in [-0.4, -0.2) is 28.6 Å². The zero-order valence-electron chi connectivity index (χ0n) is 12.9. The summed E-state index contributed by atoms with van der Waals surface area (Å²) in [5, 5.41) is 9.77. The lowest BCUT2D eigenvalue weighted by molar-refractivity contribution is -0.126. The van der Waals surface area contributed by atoms with Gasteiger partial charge in [-0.1, -0.05) is 19.9 Å². The average molecular weight is 318 g/mol. The molecule has 0 bridgehead atoms. The van der Waals surface area contributed by atoms with Gasteiger partial charge in [-0.05, 0) is 18.6 Å². The number of aromatic amines is 2. The highest BCUT2D eigenvalue weighted by Gasteiger charge is 2.13. The molecule has 1 heterocycles. The normalized spacial score (nSPS) is 11.9. The molecule has 0 aliphatic rings. The van der Waals surface area contributed by atoms with Crippen LogP contribution in [-0.2, 0) is 9.59 Å². The van der Waals surface area contributed by atoms with E-state index in [9.17, 15) is 19.2 Å². The van der Waals surface area contributed by atoms with E-state index in [0.29, 0.717) is 6.42 Å². The van der Waals surface area contributed by atoms with Gasteiger partial charge in [0, 0.05) is 5.92 Å². The van der Waals surface area contributed by atoms with E-state index in [0.717, 1.165) is 0 Å². The first-order valence-corrected chi connectivity index (χ1v) is 7.25. The number of anilines is 1. The number of hydrogen-bond acceptors (Lipinski definition) is 4. The van der Waals surface area contributed by atoms with Gasteiger partial charge in [0.15, 0.2) is 0 Å². The van der Waals surface area contributed by atoms with Crippen molar-refractivity contribution in [2.75, 3.05) is 11.9 Å². The van der Waals surface area contributed by atoms with Gasteiger partial charge < -0.3 is 10.6 Å². The molecular weight excluding hydrogens is 300 g/mol. The molecule has 122 valence electrons. The molecule has 0 aliphatic heterocycles. The van der Waals surface area contributed by atoms with Crippen molar-refractivity contribution in [3.63, 3.8) is 0 Å². The molecule has 8 heteroatoms. The SMILES string of the molecule is CC[C@@H](C)C(=O)NCC(=O)Nc1cccc2c(=O)[nH][nH]c(=O)c12. The Morgan fingerprint density at radius 1 is 1.17 bits per heavy atom. The summed E-state index contributed by atoms with van der Waals surface area (Å²) < 4.78 is 0. The van der Waals surface area contributed by atoms with Gasteiger partial charge in [-0.3, -0.25) is 29.4 Å². The van der Waals surface area contributed by atoms with Crippen LogP contribution < -0.4 is 21.8 Å². The zero-order chi connectivity index (χ0) is 17.0. The molecular formula is C15H18N4O4. The summed E-state index contributed by atoms with van der Waals surface area (Å²) in [5.74, 6) is -0.870. The van der Waals surface area contributed by atoms with Gasteiger partial charge in [0.05, 0.1) is 23.0 Å². The Balaban J connectivity index is 2.18. The minimum atomic E-state index is -0.515. The zero-order valence-corrected chi connectivity index (χ0v) is 12.9. The van der Waals surface area contributed by atoms with Crippen molar-refractivity contribution in [3.05, 3.63) is 38.9 Å². The minimum absolute atomic E-state index is 0.0952. The molecule has 2 aromatic rings. The molecule has 2 amide bonds. The largest absolute Gasteiger partial charge is 0.347 e. The second-order valence-electron chi connectivity index (χ2n) is 5.21. The molecule has 1 aromatic carbocycles. The molecule has 4 N–H and O–H groups in total. The highest BCUT2D eigenvalue weighted by molar-refractivity contribution is 6.02. The topological polar surface area (TPSA) is 124 Å². The molecule has 0 unspecified atom stereocenters. The van der Waals surface area contributed by atoms with Crippen LogP contribution in [0.1, 0.15) is 20.3 Å². The summed E-state index contributed by atoms with van der Waals surface area (Å²) in [6, 6.07) is 4.57. The first-order valence-electron chi connectivity index (χ1n) is 7.25.